The third-order valence-corrected chi connectivity index (χ3v) is 4.33. The fraction of sp³-hybridized carbons (Fsp3) is 1.00. The molecule has 1 aliphatic rings. The lowest BCUT2D eigenvalue weighted by Crippen LogP contribution is -2.33. The highest BCUT2D eigenvalue weighted by atomic mass is 16.5. The first-order valence-corrected chi connectivity index (χ1v) is 8.71. The Kier molecular flexibility index (Phi) is 10.5. The normalized spacial score (nSPS) is 20.8. The Bertz CT molecular complexity index is 190. The summed E-state index contributed by atoms with van der Waals surface area (Å²) in [5, 5.41) is 0. The fourth-order valence-electron chi connectivity index (χ4n) is 2.99. The van der Waals surface area contributed by atoms with Gasteiger partial charge in [0.1, 0.15) is 0 Å². The zero-order valence-electron chi connectivity index (χ0n) is 13.0. The minimum atomic E-state index is 0.288. The van der Waals surface area contributed by atoms with E-state index in [1.807, 2.05) is 0 Å². The van der Waals surface area contributed by atoms with Gasteiger partial charge in [0.05, 0.1) is 6.10 Å². The van der Waals surface area contributed by atoms with E-state index in [0.717, 1.165) is 13.0 Å². The topological polar surface area (TPSA) is 35.2 Å². The van der Waals surface area contributed by atoms with Gasteiger partial charge in [-0.2, -0.15) is 0 Å². The number of ether oxygens (including phenoxy) is 1. The monoisotopic (exact) mass is 269 g/mol. The Morgan fingerprint density at radius 3 is 2.05 bits per heavy atom. The van der Waals surface area contributed by atoms with Gasteiger partial charge in [-0.3, -0.25) is 0 Å². The van der Waals surface area contributed by atoms with E-state index in [1.54, 1.807) is 0 Å². The summed E-state index contributed by atoms with van der Waals surface area (Å²) < 4.78 is 5.63. The molecular weight excluding hydrogens is 234 g/mol. The average molecular weight is 269 g/mol. The van der Waals surface area contributed by atoms with E-state index in [1.165, 1.54) is 77.0 Å². The highest BCUT2D eigenvalue weighted by molar-refractivity contribution is 4.77. The van der Waals surface area contributed by atoms with Crippen molar-refractivity contribution in [3.8, 4) is 0 Å². The standard InChI is InChI=1S/C17H35NO/c1-2-3-4-5-6-7-8-9-10-11-13-16(18)17-14-12-15-19-17/h16-17H,2-15,18H2,1H3. The lowest BCUT2D eigenvalue weighted by Gasteiger charge is -2.18. The number of nitrogens with two attached hydrogens (primary N) is 1. The van der Waals surface area contributed by atoms with Crippen LogP contribution in [0.25, 0.3) is 0 Å². The van der Waals surface area contributed by atoms with Gasteiger partial charge in [0, 0.05) is 12.6 Å². The highest BCUT2D eigenvalue weighted by Gasteiger charge is 2.21. The maximum absolute atomic E-state index is 6.16. The van der Waals surface area contributed by atoms with Crippen LogP contribution >= 0.6 is 0 Å². The van der Waals surface area contributed by atoms with Gasteiger partial charge in [0.2, 0.25) is 0 Å². The van der Waals surface area contributed by atoms with Crippen molar-refractivity contribution < 1.29 is 4.74 Å². The molecule has 2 heteroatoms. The summed E-state index contributed by atoms with van der Waals surface area (Å²) in [6.45, 7) is 3.21. The van der Waals surface area contributed by atoms with E-state index < -0.39 is 0 Å². The van der Waals surface area contributed by atoms with Gasteiger partial charge >= 0.3 is 0 Å². The molecule has 1 heterocycles. The van der Waals surface area contributed by atoms with E-state index in [-0.39, 0.29) is 6.04 Å². The van der Waals surface area contributed by atoms with Gasteiger partial charge in [-0.1, -0.05) is 71.1 Å². The minimum absolute atomic E-state index is 0.288. The number of rotatable bonds is 12. The maximum Gasteiger partial charge on any atom is 0.0726 e. The molecule has 114 valence electrons. The van der Waals surface area contributed by atoms with E-state index >= 15 is 0 Å². The Morgan fingerprint density at radius 1 is 0.947 bits per heavy atom. The summed E-state index contributed by atoms with van der Waals surface area (Å²) in [6.07, 6.45) is 17.9. The number of hydrogen-bond acceptors (Lipinski definition) is 2. The van der Waals surface area contributed by atoms with Crippen LogP contribution in [0.3, 0.4) is 0 Å². The first kappa shape index (κ1) is 17.0. The van der Waals surface area contributed by atoms with Gasteiger partial charge < -0.3 is 10.5 Å². The molecule has 2 nitrogen and oxygen atoms in total. The average Bonchev–Trinajstić information content (AvgIpc) is 2.95. The van der Waals surface area contributed by atoms with Crippen molar-refractivity contribution in [2.75, 3.05) is 6.61 Å². The molecule has 0 aliphatic carbocycles. The van der Waals surface area contributed by atoms with Crippen molar-refractivity contribution in [1.82, 2.24) is 0 Å². The smallest absolute Gasteiger partial charge is 0.0726 e. The van der Waals surface area contributed by atoms with Crippen molar-refractivity contribution in [2.45, 2.75) is 103 Å². The second kappa shape index (κ2) is 11.7. The lowest BCUT2D eigenvalue weighted by molar-refractivity contribution is 0.0867. The maximum atomic E-state index is 6.16. The van der Waals surface area contributed by atoms with Crippen LogP contribution in [0.15, 0.2) is 0 Å². The van der Waals surface area contributed by atoms with Gasteiger partial charge in [-0.15, -0.1) is 0 Å². The van der Waals surface area contributed by atoms with Crippen LogP contribution in [-0.4, -0.2) is 18.8 Å². The molecule has 0 radical (unpaired) electrons. The lowest BCUT2D eigenvalue weighted by atomic mass is 10.0. The van der Waals surface area contributed by atoms with Crippen LogP contribution in [0.4, 0.5) is 0 Å². The molecule has 0 saturated carbocycles. The molecule has 19 heavy (non-hydrogen) atoms. The predicted octanol–water partition coefficient (Wildman–Crippen LogP) is 4.80. The van der Waals surface area contributed by atoms with Crippen molar-refractivity contribution in [2.24, 2.45) is 5.73 Å². The van der Waals surface area contributed by atoms with E-state index in [9.17, 15) is 0 Å². The number of unbranched alkanes of at least 4 members (excludes halogenated alkanes) is 9. The molecule has 1 saturated heterocycles. The minimum Gasteiger partial charge on any atom is -0.377 e. The SMILES string of the molecule is CCCCCCCCCCCCC(N)C1CCCO1. The van der Waals surface area contributed by atoms with Gasteiger partial charge in [-0.25, -0.2) is 0 Å². The second-order valence-electron chi connectivity index (χ2n) is 6.19. The molecule has 1 aliphatic heterocycles. The molecule has 2 unspecified atom stereocenters. The molecule has 0 bridgehead atoms. The molecule has 0 amide bonds. The fourth-order valence-corrected chi connectivity index (χ4v) is 2.99. The summed E-state index contributed by atoms with van der Waals surface area (Å²) in [5.74, 6) is 0. The molecule has 0 aromatic carbocycles. The molecule has 1 fully saturated rings. The summed E-state index contributed by atoms with van der Waals surface area (Å²) in [4.78, 5) is 0. The third-order valence-electron chi connectivity index (χ3n) is 4.33. The molecule has 2 N–H and O–H groups in total. The van der Waals surface area contributed by atoms with Crippen LogP contribution in [0, 0.1) is 0 Å². The zero-order chi connectivity index (χ0) is 13.8. The summed E-state index contributed by atoms with van der Waals surface area (Å²) in [5.41, 5.74) is 6.16. The molecule has 0 aromatic rings. The Morgan fingerprint density at radius 2 is 1.53 bits per heavy atom. The summed E-state index contributed by atoms with van der Waals surface area (Å²) in [7, 11) is 0. The molecule has 0 spiro atoms. The van der Waals surface area contributed by atoms with Crippen LogP contribution in [0.2, 0.25) is 0 Å². The van der Waals surface area contributed by atoms with E-state index in [2.05, 4.69) is 6.92 Å². The number of hydrogen-bond donors (Lipinski definition) is 1. The van der Waals surface area contributed by atoms with Crippen LogP contribution in [-0.2, 0) is 4.74 Å². The van der Waals surface area contributed by atoms with Crippen LogP contribution in [0.1, 0.15) is 90.4 Å². The third kappa shape index (κ3) is 8.65. The molecule has 1 rings (SSSR count). The van der Waals surface area contributed by atoms with Gasteiger partial charge in [-0.05, 0) is 19.3 Å². The first-order valence-electron chi connectivity index (χ1n) is 8.71. The van der Waals surface area contributed by atoms with Gasteiger partial charge in [0.25, 0.3) is 0 Å². The van der Waals surface area contributed by atoms with E-state index in [4.69, 9.17) is 10.5 Å². The van der Waals surface area contributed by atoms with Crippen molar-refractivity contribution in [3.05, 3.63) is 0 Å². The van der Waals surface area contributed by atoms with E-state index in [0.29, 0.717) is 6.10 Å². The largest absolute Gasteiger partial charge is 0.377 e. The Labute approximate surface area is 120 Å². The summed E-state index contributed by atoms with van der Waals surface area (Å²) >= 11 is 0. The molecule has 2 atom stereocenters. The molecule has 0 aromatic heterocycles. The summed E-state index contributed by atoms with van der Waals surface area (Å²) in [6, 6.07) is 0.288. The quantitative estimate of drug-likeness (QED) is 0.516. The predicted molar refractivity (Wildman–Crippen MR) is 83.4 cm³/mol. The van der Waals surface area contributed by atoms with Crippen LogP contribution in [0.5, 0.6) is 0 Å². The Balaban J connectivity index is 1.78. The molecular formula is C17H35NO. The van der Waals surface area contributed by atoms with Crippen LogP contribution < -0.4 is 5.73 Å². The first-order chi connectivity index (χ1) is 9.34. The Hall–Kier alpha value is -0.0800. The van der Waals surface area contributed by atoms with Gasteiger partial charge in [0.15, 0.2) is 0 Å². The van der Waals surface area contributed by atoms with Crippen molar-refractivity contribution in [1.29, 1.82) is 0 Å². The zero-order valence-corrected chi connectivity index (χ0v) is 13.0. The highest BCUT2D eigenvalue weighted by Crippen LogP contribution is 2.18. The van der Waals surface area contributed by atoms with Crippen molar-refractivity contribution in [3.63, 3.8) is 0 Å². The second-order valence-corrected chi connectivity index (χ2v) is 6.19. The van der Waals surface area contributed by atoms with Crippen molar-refractivity contribution >= 4 is 0 Å².